The molecule has 9 nitrogen and oxygen atoms in total. The molecule has 0 N–H and O–H groups in total. The zero-order valence-corrected chi connectivity index (χ0v) is 24.0. The highest BCUT2D eigenvalue weighted by Gasteiger charge is 2.24. The van der Waals surface area contributed by atoms with E-state index < -0.39 is 15.9 Å². The van der Waals surface area contributed by atoms with Crippen molar-refractivity contribution in [3.05, 3.63) is 71.0 Å². The number of benzene rings is 3. The van der Waals surface area contributed by atoms with Crippen molar-refractivity contribution in [3.8, 4) is 0 Å². The summed E-state index contributed by atoms with van der Waals surface area (Å²) in [6.07, 6.45) is 0. The van der Waals surface area contributed by atoms with Crippen LogP contribution in [0.15, 0.2) is 70.6 Å². The van der Waals surface area contributed by atoms with E-state index in [1.165, 1.54) is 54.1 Å². The van der Waals surface area contributed by atoms with Crippen LogP contribution in [-0.2, 0) is 30.8 Å². The van der Waals surface area contributed by atoms with Crippen LogP contribution < -0.4 is 4.80 Å². The number of fused-ring (bicyclic) bond motifs is 3. The average Bonchev–Trinajstić information content (AvgIpc) is 3.30. The Balaban J connectivity index is 1.68. The Morgan fingerprint density at radius 2 is 1.64 bits per heavy atom. The Morgan fingerprint density at radius 1 is 0.949 bits per heavy atom. The van der Waals surface area contributed by atoms with Crippen molar-refractivity contribution in [3.63, 3.8) is 0 Å². The van der Waals surface area contributed by atoms with Crippen molar-refractivity contribution in [2.75, 3.05) is 53.7 Å². The lowest BCUT2D eigenvalue weighted by Crippen LogP contribution is -2.36. The summed E-state index contributed by atoms with van der Waals surface area (Å²) in [5, 5.41) is 2.21. The molecule has 0 saturated carbocycles. The summed E-state index contributed by atoms with van der Waals surface area (Å²) in [5.41, 5.74) is 1.28. The Bertz CT molecular complexity index is 1590. The van der Waals surface area contributed by atoms with E-state index in [9.17, 15) is 13.2 Å². The topological polar surface area (TPSA) is 99.4 Å². The second-order valence-corrected chi connectivity index (χ2v) is 11.6. The quantitative estimate of drug-likeness (QED) is 0.226. The van der Waals surface area contributed by atoms with Crippen molar-refractivity contribution in [2.45, 2.75) is 18.4 Å². The van der Waals surface area contributed by atoms with Gasteiger partial charge in [-0.05, 0) is 42.6 Å². The largest absolute Gasteiger partial charge is 0.383 e. The normalized spacial score (nSPS) is 12.7. The number of carbonyl (C=O) groups excluding carboxylic acids is 1. The predicted molar refractivity (Wildman–Crippen MR) is 153 cm³/mol. The monoisotopic (exact) mass is 571 g/mol. The van der Waals surface area contributed by atoms with E-state index in [2.05, 4.69) is 23.2 Å². The molecule has 0 radical (unpaired) electrons. The lowest BCUT2D eigenvalue weighted by molar-refractivity contribution is 0.0996. The molecule has 1 amide bonds. The van der Waals surface area contributed by atoms with Gasteiger partial charge in [-0.25, -0.2) is 8.42 Å². The molecule has 0 bridgehead atoms. The van der Waals surface area contributed by atoms with Crippen LogP contribution in [0, 0.1) is 0 Å². The van der Waals surface area contributed by atoms with Gasteiger partial charge in [-0.1, -0.05) is 41.7 Å². The maximum absolute atomic E-state index is 13.2. The van der Waals surface area contributed by atoms with E-state index in [4.69, 9.17) is 14.2 Å². The van der Waals surface area contributed by atoms with Gasteiger partial charge in [0.05, 0.1) is 34.9 Å². The molecule has 1 aromatic heterocycles. The first kappa shape index (κ1) is 29.1. The molecular weight excluding hydrogens is 538 g/mol. The standard InChI is InChI=1S/C28H33N3O6S2/c1-4-37-20-17-31-25-14-11-21-7-5-6-8-24(21)26(25)38-28(31)29-27(32)22-9-12-23(13-10-22)39(33,34)30(15-18-35-2)16-19-36-3/h5-14H,4,15-20H2,1-3H3. The molecule has 0 saturated heterocycles. The molecule has 3 aromatic carbocycles. The SMILES string of the molecule is CCOCCn1c(=NC(=O)c2ccc(S(=O)(=O)N(CCOC)CCOC)cc2)sc2c3ccccc3ccc21. The number of amides is 1. The summed E-state index contributed by atoms with van der Waals surface area (Å²) < 4.78 is 46.4. The molecule has 0 spiro atoms. The predicted octanol–water partition coefficient (Wildman–Crippen LogP) is 3.92. The molecule has 0 unspecified atom stereocenters. The fraction of sp³-hybridized carbons (Fsp3) is 0.357. The highest BCUT2D eigenvalue weighted by Crippen LogP contribution is 2.27. The number of methoxy groups -OCH3 is 2. The van der Waals surface area contributed by atoms with E-state index in [0.717, 1.165) is 21.0 Å². The number of nitrogens with zero attached hydrogens (tertiary/aromatic N) is 3. The number of rotatable bonds is 13. The third-order valence-corrected chi connectivity index (χ3v) is 9.30. The van der Waals surface area contributed by atoms with Crippen molar-refractivity contribution in [2.24, 2.45) is 4.99 Å². The molecular formula is C28H33N3O6S2. The van der Waals surface area contributed by atoms with Crippen LogP contribution in [-0.4, -0.2) is 76.9 Å². The van der Waals surface area contributed by atoms with E-state index in [-0.39, 0.29) is 31.2 Å². The van der Waals surface area contributed by atoms with Crippen LogP contribution in [0.4, 0.5) is 0 Å². The number of hydrogen-bond acceptors (Lipinski definition) is 7. The van der Waals surface area contributed by atoms with Crippen LogP contribution in [0.1, 0.15) is 17.3 Å². The van der Waals surface area contributed by atoms with Crippen LogP contribution >= 0.6 is 11.3 Å². The molecule has 0 aliphatic heterocycles. The zero-order valence-electron chi connectivity index (χ0n) is 22.3. The Hall–Kier alpha value is -2.93. The zero-order chi connectivity index (χ0) is 27.8. The third kappa shape index (κ3) is 6.63. The molecule has 1 heterocycles. The lowest BCUT2D eigenvalue weighted by Gasteiger charge is -2.21. The molecule has 4 aromatic rings. The van der Waals surface area contributed by atoms with Gasteiger partial charge in [-0.3, -0.25) is 4.79 Å². The van der Waals surface area contributed by atoms with Gasteiger partial charge in [0.2, 0.25) is 10.0 Å². The fourth-order valence-electron chi connectivity index (χ4n) is 4.21. The highest BCUT2D eigenvalue weighted by atomic mass is 32.2. The molecule has 0 aliphatic carbocycles. The first-order valence-corrected chi connectivity index (χ1v) is 14.9. The van der Waals surface area contributed by atoms with Crippen molar-refractivity contribution in [1.29, 1.82) is 0 Å². The molecule has 39 heavy (non-hydrogen) atoms. The second kappa shape index (κ2) is 13.4. The van der Waals surface area contributed by atoms with Crippen molar-refractivity contribution >= 4 is 48.3 Å². The van der Waals surface area contributed by atoms with Crippen LogP contribution in [0.25, 0.3) is 21.0 Å². The summed E-state index contributed by atoms with van der Waals surface area (Å²) >= 11 is 1.45. The van der Waals surface area contributed by atoms with E-state index in [0.29, 0.717) is 30.1 Å². The Labute approximate surface area is 232 Å². The summed E-state index contributed by atoms with van der Waals surface area (Å²) in [7, 11) is -0.752. The fourth-order valence-corrected chi connectivity index (χ4v) is 6.81. The molecule has 208 valence electrons. The number of hydrogen-bond donors (Lipinski definition) is 0. The van der Waals surface area contributed by atoms with E-state index >= 15 is 0 Å². The molecule has 11 heteroatoms. The van der Waals surface area contributed by atoms with Crippen molar-refractivity contribution < 1.29 is 27.4 Å². The lowest BCUT2D eigenvalue weighted by atomic mass is 10.1. The molecule has 0 atom stereocenters. The van der Waals surface area contributed by atoms with E-state index in [1.807, 2.05) is 29.7 Å². The maximum atomic E-state index is 13.2. The average molecular weight is 572 g/mol. The number of sulfonamides is 1. The second-order valence-electron chi connectivity index (χ2n) is 8.70. The Morgan fingerprint density at radius 3 is 2.31 bits per heavy atom. The van der Waals surface area contributed by atoms with Gasteiger partial charge in [0.15, 0.2) is 4.80 Å². The summed E-state index contributed by atoms with van der Waals surface area (Å²) in [4.78, 5) is 18.3. The third-order valence-electron chi connectivity index (χ3n) is 6.26. The number of aromatic nitrogens is 1. The maximum Gasteiger partial charge on any atom is 0.279 e. The summed E-state index contributed by atoms with van der Waals surface area (Å²) in [6.45, 7) is 4.48. The van der Waals surface area contributed by atoms with Crippen molar-refractivity contribution in [1.82, 2.24) is 8.87 Å². The molecule has 4 rings (SSSR count). The number of carbonyl (C=O) groups is 1. The summed E-state index contributed by atoms with van der Waals surface area (Å²) in [6, 6.07) is 18.1. The minimum Gasteiger partial charge on any atom is -0.383 e. The van der Waals surface area contributed by atoms with Gasteiger partial charge in [-0.2, -0.15) is 9.30 Å². The molecule has 0 fully saturated rings. The van der Waals surface area contributed by atoms with Gasteiger partial charge in [0.25, 0.3) is 5.91 Å². The highest BCUT2D eigenvalue weighted by molar-refractivity contribution is 7.89. The summed E-state index contributed by atoms with van der Waals surface area (Å²) in [5.74, 6) is -0.449. The van der Waals surface area contributed by atoms with Crippen LogP contribution in [0.5, 0.6) is 0 Å². The molecule has 0 aliphatic rings. The van der Waals surface area contributed by atoms with Gasteiger partial charge in [-0.15, -0.1) is 0 Å². The number of ether oxygens (including phenoxy) is 3. The van der Waals surface area contributed by atoms with Gasteiger partial charge in [0.1, 0.15) is 0 Å². The van der Waals surface area contributed by atoms with Crippen LogP contribution in [0.3, 0.4) is 0 Å². The van der Waals surface area contributed by atoms with E-state index in [1.54, 1.807) is 0 Å². The number of thiazole rings is 1. The van der Waals surface area contributed by atoms with Crippen LogP contribution in [0.2, 0.25) is 0 Å². The first-order chi connectivity index (χ1) is 18.9. The van der Waals surface area contributed by atoms with Gasteiger partial charge >= 0.3 is 0 Å². The smallest absolute Gasteiger partial charge is 0.279 e. The Kier molecular flexibility index (Phi) is 10.0. The minimum absolute atomic E-state index is 0.0892. The van der Waals surface area contributed by atoms with Gasteiger partial charge < -0.3 is 18.8 Å². The van der Waals surface area contributed by atoms with Gasteiger partial charge in [0, 0.05) is 51.4 Å². The minimum atomic E-state index is -3.79. The first-order valence-electron chi connectivity index (χ1n) is 12.7.